The molecule has 1 N–H and O–H groups in total. The van der Waals surface area contributed by atoms with Crippen molar-refractivity contribution < 1.29 is 17.5 Å². The van der Waals surface area contributed by atoms with Crippen molar-refractivity contribution in [3.8, 4) is 5.75 Å². The van der Waals surface area contributed by atoms with Gasteiger partial charge in [0.25, 0.3) is 0 Å². The molecule has 35 heavy (non-hydrogen) atoms. The topological polar surface area (TPSA) is 76.5 Å². The maximum Gasteiger partial charge on any atom is 0.240 e. The molecule has 1 aliphatic heterocycles. The number of halogens is 1. The lowest BCUT2D eigenvalue weighted by atomic mass is 10.1. The summed E-state index contributed by atoms with van der Waals surface area (Å²) in [7, 11) is -2.08. The number of anilines is 1. The SMILES string of the molecule is COc1ccc(S(=O)(=O)NC2CCN(c3nc4ccccc4n3Cc3cccc(F)c3)CC2)cc1. The zero-order valence-electron chi connectivity index (χ0n) is 19.4. The molecule has 1 saturated heterocycles. The smallest absolute Gasteiger partial charge is 0.240 e. The van der Waals surface area contributed by atoms with Gasteiger partial charge in [0.2, 0.25) is 16.0 Å². The van der Waals surface area contributed by atoms with Crippen LogP contribution in [0.5, 0.6) is 5.75 Å². The number of imidazole rings is 1. The van der Waals surface area contributed by atoms with Gasteiger partial charge < -0.3 is 14.2 Å². The molecule has 0 atom stereocenters. The minimum Gasteiger partial charge on any atom is -0.497 e. The van der Waals surface area contributed by atoms with Gasteiger partial charge in [-0.15, -0.1) is 0 Å². The van der Waals surface area contributed by atoms with Crippen LogP contribution < -0.4 is 14.4 Å². The van der Waals surface area contributed by atoms with Crippen LogP contribution in [-0.4, -0.2) is 44.2 Å². The van der Waals surface area contributed by atoms with E-state index in [4.69, 9.17) is 9.72 Å². The average molecular weight is 495 g/mol. The fourth-order valence-electron chi connectivity index (χ4n) is 4.52. The second-order valence-corrected chi connectivity index (χ2v) is 10.4. The molecule has 0 unspecified atom stereocenters. The first-order valence-corrected chi connectivity index (χ1v) is 13.0. The monoisotopic (exact) mass is 494 g/mol. The van der Waals surface area contributed by atoms with Crippen molar-refractivity contribution in [3.05, 3.63) is 84.2 Å². The molecule has 1 aliphatic rings. The van der Waals surface area contributed by atoms with E-state index in [1.165, 1.54) is 6.07 Å². The Morgan fingerprint density at radius 1 is 1.03 bits per heavy atom. The number of para-hydroxylation sites is 2. The Labute approximate surface area is 204 Å². The van der Waals surface area contributed by atoms with Crippen LogP contribution >= 0.6 is 0 Å². The number of benzene rings is 3. The molecule has 3 aromatic carbocycles. The first-order valence-electron chi connectivity index (χ1n) is 11.5. The van der Waals surface area contributed by atoms with Gasteiger partial charge in [-0.25, -0.2) is 22.5 Å². The number of sulfonamides is 1. The number of hydrogen-bond acceptors (Lipinski definition) is 5. The number of aromatic nitrogens is 2. The highest BCUT2D eigenvalue weighted by molar-refractivity contribution is 7.89. The summed E-state index contributed by atoms with van der Waals surface area (Å²) >= 11 is 0. The van der Waals surface area contributed by atoms with E-state index in [1.807, 2.05) is 30.3 Å². The molecule has 7 nitrogen and oxygen atoms in total. The molecule has 0 radical (unpaired) electrons. The number of hydrogen-bond donors (Lipinski definition) is 1. The van der Waals surface area contributed by atoms with Gasteiger partial charge >= 0.3 is 0 Å². The Kier molecular flexibility index (Phi) is 6.44. The van der Waals surface area contributed by atoms with Gasteiger partial charge in [-0.2, -0.15) is 0 Å². The summed E-state index contributed by atoms with van der Waals surface area (Å²) in [6.07, 6.45) is 1.30. The zero-order chi connectivity index (χ0) is 24.4. The standard InChI is InChI=1S/C26H27FN4O3S/c1-34-22-9-11-23(12-10-22)35(32,33)29-21-13-15-30(16-14-21)26-28-24-7-2-3-8-25(24)31(26)18-19-5-4-6-20(27)17-19/h2-12,17,21,29H,13-16,18H2,1H3. The van der Waals surface area contributed by atoms with Gasteiger partial charge in [0, 0.05) is 19.1 Å². The number of rotatable bonds is 7. The van der Waals surface area contributed by atoms with Gasteiger partial charge in [0.15, 0.2) is 0 Å². The quantitative estimate of drug-likeness (QED) is 0.417. The number of ether oxygens (including phenoxy) is 1. The molecular weight excluding hydrogens is 467 g/mol. The molecule has 0 amide bonds. The van der Waals surface area contributed by atoms with E-state index in [9.17, 15) is 12.8 Å². The Morgan fingerprint density at radius 3 is 2.49 bits per heavy atom. The van der Waals surface area contributed by atoms with Crippen LogP contribution in [0.25, 0.3) is 11.0 Å². The fraction of sp³-hybridized carbons (Fsp3) is 0.269. The van der Waals surface area contributed by atoms with Crippen LogP contribution in [0.4, 0.5) is 10.3 Å². The average Bonchev–Trinajstić information content (AvgIpc) is 3.22. The van der Waals surface area contributed by atoms with E-state index in [2.05, 4.69) is 14.2 Å². The van der Waals surface area contributed by atoms with Gasteiger partial charge in [-0.1, -0.05) is 24.3 Å². The van der Waals surface area contributed by atoms with Crippen LogP contribution in [0.3, 0.4) is 0 Å². The van der Waals surface area contributed by atoms with Gasteiger partial charge in [0.05, 0.1) is 29.6 Å². The largest absolute Gasteiger partial charge is 0.497 e. The molecule has 0 saturated carbocycles. The molecule has 0 aliphatic carbocycles. The minimum atomic E-state index is -3.62. The number of piperidine rings is 1. The van der Waals surface area contributed by atoms with Crippen LogP contribution in [-0.2, 0) is 16.6 Å². The van der Waals surface area contributed by atoms with Crippen molar-refractivity contribution >= 4 is 27.0 Å². The summed E-state index contributed by atoms with van der Waals surface area (Å²) < 4.78 is 49.5. The molecule has 182 valence electrons. The lowest BCUT2D eigenvalue weighted by Crippen LogP contribution is -2.45. The lowest BCUT2D eigenvalue weighted by molar-refractivity contribution is 0.414. The third-order valence-corrected chi connectivity index (χ3v) is 7.87. The summed E-state index contributed by atoms with van der Waals surface area (Å²) in [6.45, 7) is 1.81. The second-order valence-electron chi connectivity index (χ2n) is 8.67. The van der Waals surface area contributed by atoms with E-state index in [0.29, 0.717) is 38.2 Å². The van der Waals surface area contributed by atoms with Crippen LogP contribution in [0.15, 0.2) is 77.7 Å². The molecule has 0 spiro atoms. The summed E-state index contributed by atoms with van der Waals surface area (Å²) in [6, 6.07) is 20.7. The predicted octanol–water partition coefficient (Wildman–Crippen LogP) is 4.18. The molecule has 4 aromatic rings. The summed E-state index contributed by atoms with van der Waals surface area (Å²) in [4.78, 5) is 7.26. The van der Waals surface area contributed by atoms with Crippen LogP contribution in [0.2, 0.25) is 0 Å². The lowest BCUT2D eigenvalue weighted by Gasteiger charge is -2.33. The summed E-state index contributed by atoms with van der Waals surface area (Å²) in [5.41, 5.74) is 2.71. The van der Waals surface area contributed by atoms with E-state index in [0.717, 1.165) is 22.5 Å². The van der Waals surface area contributed by atoms with E-state index < -0.39 is 10.0 Å². The third-order valence-electron chi connectivity index (χ3n) is 6.33. The van der Waals surface area contributed by atoms with Crippen LogP contribution in [0, 0.1) is 5.82 Å². The van der Waals surface area contributed by atoms with Crippen molar-refractivity contribution in [2.75, 3.05) is 25.1 Å². The highest BCUT2D eigenvalue weighted by Crippen LogP contribution is 2.27. The fourth-order valence-corrected chi connectivity index (χ4v) is 5.82. The zero-order valence-corrected chi connectivity index (χ0v) is 20.2. The maximum atomic E-state index is 13.8. The van der Waals surface area contributed by atoms with Crippen molar-refractivity contribution in [2.45, 2.75) is 30.3 Å². The van der Waals surface area contributed by atoms with Crippen molar-refractivity contribution in [1.82, 2.24) is 14.3 Å². The number of nitrogens with one attached hydrogen (secondary N) is 1. The van der Waals surface area contributed by atoms with E-state index >= 15 is 0 Å². The molecule has 0 bridgehead atoms. The highest BCUT2D eigenvalue weighted by atomic mass is 32.2. The van der Waals surface area contributed by atoms with E-state index in [-0.39, 0.29) is 16.8 Å². The van der Waals surface area contributed by atoms with E-state index in [1.54, 1.807) is 43.5 Å². The summed E-state index contributed by atoms with van der Waals surface area (Å²) in [5.74, 6) is 1.16. The number of methoxy groups -OCH3 is 1. The number of fused-ring (bicyclic) bond motifs is 1. The first-order chi connectivity index (χ1) is 16.9. The van der Waals surface area contributed by atoms with Crippen molar-refractivity contribution in [3.63, 3.8) is 0 Å². The molecular formula is C26H27FN4O3S. The van der Waals surface area contributed by atoms with Gasteiger partial charge in [-0.3, -0.25) is 0 Å². The third kappa shape index (κ3) is 5.01. The Morgan fingerprint density at radius 2 is 1.77 bits per heavy atom. The first kappa shape index (κ1) is 23.3. The van der Waals surface area contributed by atoms with Crippen molar-refractivity contribution in [1.29, 1.82) is 0 Å². The van der Waals surface area contributed by atoms with Crippen LogP contribution in [0.1, 0.15) is 18.4 Å². The second kappa shape index (κ2) is 9.67. The highest BCUT2D eigenvalue weighted by Gasteiger charge is 2.27. The normalized spacial score (nSPS) is 15.0. The molecule has 5 rings (SSSR count). The van der Waals surface area contributed by atoms with Crippen molar-refractivity contribution in [2.24, 2.45) is 0 Å². The molecule has 1 fully saturated rings. The van der Waals surface area contributed by atoms with Gasteiger partial charge in [0.1, 0.15) is 11.6 Å². The maximum absolute atomic E-state index is 13.8. The molecule has 9 heteroatoms. The molecule has 2 heterocycles. The Bertz CT molecular complexity index is 1430. The Hall–Kier alpha value is -3.43. The van der Waals surface area contributed by atoms with Gasteiger partial charge in [-0.05, 0) is 66.9 Å². The molecule has 1 aromatic heterocycles. The summed E-state index contributed by atoms with van der Waals surface area (Å²) in [5, 5.41) is 0. The predicted molar refractivity (Wildman–Crippen MR) is 134 cm³/mol. The Balaban J connectivity index is 1.32. The number of nitrogens with zero attached hydrogens (tertiary/aromatic N) is 3. The minimum absolute atomic E-state index is 0.167.